The Morgan fingerprint density at radius 1 is 1.41 bits per heavy atom. The second kappa shape index (κ2) is 5.38. The Morgan fingerprint density at radius 3 is 2.76 bits per heavy atom. The molecule has 0 radical (unpaired) electrons. The first-order valence-corrected chi connectivity index (χ1v) is 7.35. The van der Waals surface area contributed by atoms with Crippen LogP contribution in [-0.4, -0.2) is 12.6 Å². The fraction of sp³-hybridized carbons (Fsp3) is 0.571. The molecule has 0 aromatic heterocycles. The van der Waals surface area contributed by atoms with E-state index in [0.717, 1.165) is 36.6 Å². The summed E-state index contributed by atoms with van der Waals surface area (Å²) in [6, 6.07) is 5.98. The summed E-state index contributed by atoms with van der Waals surface area (Å²) in [5.41, 5.74) is 1.75. The number of anilines is 1. The third-order valence-corrected chi connectivity index (χ3v) is 4.26. The Hall–Kier alpha value is -0.570. The molecule has 0 amide bonds. The largest absolute Gasteiger partial charge is 0.366 e. The van der Waals surface area contributed by atoms with Crippen LogP contribution in [0.25, 0.3) is 0 Å². The van der Waals surface area contributed by atoms with Crippen molar-refractivity contribution in [1.82, 2.24) is 0 Å². The molecular formula is C14H19BrFN. The maximum absolute atomic E-state index is 14.0. The minimum Gasteiger partial charge on any atom is -0.366 e. The van der Waals surface area contributed by atoms with Crippen molar-refractivity contribution in [1.29, 1.82) is 0 Å². The van der Waals surface area contributed by atoms with Crippen molar-refractivity contribution in [2.45, 2.75) is 38.1 Å². The number of alkyl halides is 1. The highest BCUT2D eigenvalue weighted by Crippen LogP contribution is 2.30. The number of hydrogen-bond donors (Lipinski definition) is 0. The van der Waals surface area contributed by atoms with Crippen molar-refractivity contribution in [3.05, 3.63) is 29.6 Å². The van der Waals surface area contributed by atoms with Crippen molar-refractivity contribution in [2.24, 2.45) is 5.92 Å². The van der Waals surface area contributed by atoms with E-state index in [1.54, 1.807) is 6.07 Å². The Morgan fingerprint density at radius 2 is 2.18 bits per heavy atom. The van der Waals surface area contributed by atoms with Crippen molar-refractivity contribution in [2.75, 3.05) is 11.4 Å². The first-order valence-electron chi connectivity index (χ1n) is 6.23. The fourth-order valence-corrected chi connectivity index (χ4v) is 2.98. The third-order valence-electron chi connectivity index (χ3n) is 3.61. The smallest absolute Gasteiger partial charge is 0.146 e. The predicted molar refractivity (Wildman–Crippen MR) is 74.2 cm³/mol. The van der Waals surface area contributed by atoms with Crippen LogP contribution < -0.4 is 4.90 Å². The summed E-state index contributed by atoms with van der Waals surface area (Å²) in [7, 11) is 0. The van der Waals surface area contributed by atoms with Crippen LogP contribution in [0.2, 0.25) is 0 Å². The standard InChI is InChI=1S/C14H19BrFN/c1-10-5-6-17(11(2)7-10)14-4-3-12(9-15)8-13(14)16/h3-4,8,10-11H,5-7,9H2,1-2H3. The lowest BCUT2D eigenvalue weighted by Crippen LogP contribution is -2.40. The predicted octanol–water partition coefficient (Wildman–Crippen LogP) is 4.35. The molecule has 2 unspecified atom stereocenters. The molecule has 1 nitrogen and oxygen atoms in total. The lowest BCUT2D eigenvalue weighted by Gasteiger charge is -2.38. The van der Waals surface area contributed by atoms with Crippen LogP contribution in [0.15, 0.2) is 18.2 Å². The second-order valence-electron chi connectivity index (χ2n) is 5.09. The molecule has 2 rings (SSSR count). The fourth-order valence-electron chi connectivity index (χ4n) is 2.63. The third kappa shape index (κ3) is 2.82. The van der Waals surface area contributed by atoms with Gasteiger partial charge in [-0.15, -0.1) is 0 Å². The molecule has 1 fully saturated rings. The summed E-state index contributed by atoms with van der Waals surface area (Å²) >= 11 is 3.35. The zero-order chi connectivity index (χ0) is 12.4. The lowest BCUT2D eigenvalue weighted by atomic mass is 9.93. The van der Waals surface area contributed by atoms with Crippen LogP contribution in [0, 0.1) is 11.7 Å². The number of benzene rings is 1. The molecule has 0 aliphatic carbocycles. The summed E-state index contributed by atoms with van der Waals surface area (Å²) < 4.78 is 14.0. The molecular weight excluding hydrogens is 281 g/mol. The monoisotopic (exact) mass is 299 g/mol. The highest BCUT2D eigenvalue weighted by molar-refractivity contribution is 9.08. The average Bonchev–Trinajstić information content (AvgIpc) is 2.30. The Balaban J connectivity index is 2.22. The Bertz CT molecular complexity index is 394. The molecule has 0 N–H and O–H groups in total. The van der Waals surface area contributed by atoms with E-state index in [2.05, 4.69) is 34.7 Å². The maximum atomic E-state index is 14.0. The minimum atomic E-state index is -0.0941. The van der Waals surface area contributed by atoms with Gasteiger partial charge in [0.15, 0.2) is 0 Å². The van der Waals surface area contributed by atoms with Crippen LogP contribution in [0.3, 0.4) is 0 Å². The summed E-state index contributed by atoms with van der Waals surface area (Å²) in [6.45, 7) is 5.43. The highest BCUT2D eigenvalue weighted by Gasteiger charge is 2.24. The van der Waals surface area contributed by atoms with Gasteiger partial charge in [-0.3, -0.25) is 0 Å². The molecule has 2 atom stereocenters. The van der Waals surface area contributed by atoms with Gasteiger partial charge in [-0.05, 0) is 43.4 Å². The minimum absolute atomic E-state index is 0.0941. The lowest BCUT2D eigenvalue weighted by molar-refractivity contribution is 0.375. The summed E-state index contributed by atoms with van der Waals surface area (Å²) in [5, 5.41) is 0.705. The first kappa shape index (κ1) is 12.9. The second-order valence-corrected chi connectivity index (χ2v) is 5.65. The van der Waals surface area contributed by atoms with E-state index in [1.807, 2.05) is 12.1 Å². The number of halogens is 2. The number of nitrogens with zero attached hydrogens (tertiary/aromatic N) is 1. The topological polar surface area (TPSA) is 3.24 Å². The van der Waals surface area contributed by atoms with Crippen LogP contribution >= 0.6 is 15.9 Å². The van der Waals surface area contributed by atoms with Crippen molar-refractivity contribution in [3.63, 3.8) is 0 Å². The van der Waals surface area contributed by atoms with Gasteiger partial charge in [0, 0.05) is 17.9 Å². The molecule has 0 saturated carbocycles. The van der Waals surface area contributed by atoms with Crippen molar-refractivity contribution >= 4 is 21.6 Å². The maximum Gasteiger partial charge on any atom is 0.146 e. The molecule has 1 aromatic rings. The molecule has 1 saturated heterocycles. The van der Waals surface area contributed by atoms with E-state index in [0.29, 0.717) is 11.4 Å². The summed E-state index contributed by atoms with van der Waals surface area (Å²) in [4.78, 5) is 2.20. The number of rotatable bonds is 2. The molecule has 94 valence electrons. The van der Waals surface area contributed by atoms with Gasteiger partial charge in [-0.1, -0.05) is 28.9 Å². The number of piperidine rings is 1. The first-order chi connectivity index (χ1) is 8.11. The van der Waals surface area contributed by atoms with E-state index >= 15 is 0 Å². The van der Waals surface area contributed by atoms with Gasteiger partial charge in [0.25, 0.3) is 0 Å². The van der Waals surface area contributed by atoms with Gasteiger partial charge in [-0.25, -0.2) is 4.39 Å². The Kier molecular flexibility index (Phi) is 4.08. The highest BCUT2D eigenvalue weighted by atomic mass is 79.9. The van der Waals surface area contributed by atoms with E-state index in [9.17, 15) is 4.39 Å². The van der Waals surface area contributed by atoms with Gasteiger partial charge in [-0.2, -0.15) is 0 Å². The molecule has 1 aromatic carbocycles. The molecule has 1 heterocycles. The molecule has 3 heteroatoms. The van der Waals surface area contributed by atoms with Gasteiger partial charge >= 0.3 is 0 Å². The Labute approximate surface area is 111 Å². The average molecular weight is 300 g/mol. The van der Waals surface area contributed by atoms with E-state index in [4.69, 9.17) is 0 Å². The van der Waals surface area contributed by atoms with Crippen LogP contribution in [0.5, 0.6) is 0 Å². The zero-order valence-electron chi connectivity index (χ0n) is 10.4. The van der Waals surface area contributed by atoms with E-state index in [-0.39, 0.29) is 5.82 Å². The summed E-state index contributed by atoms with van der Waals surface area (Å²) in [5.74, 6) is 0.662. The van der Waals surface area contributed by atoms with Crippen LogP contribution in [0.1, 0.15) is 32.3 Å². The van der Waals surface area contributed by atoms with Gasteiger partial charge in [0.05, 0.1) is 5.69 Å². The quantitative estimate of drug-likeness (QED) is 0.734. The number of hydrogen-bond acceptors (Lipinski definition) is 1. The van der Waals surface area contributed by atoms with Gasteiger partial charge < -0.3 is 4.90 Å². The summed E-state index contributed by atoms with van der Waals surface area (Å²) in [6.07, 6.45) is 2.31. The van der Waals surface area contributed by atoms with Gasteiger partial charge in [0.2, 0.25) is 0 Å². The molecule has 1 aliphatic rings. The molecule has 0 bridgehead atoms. The molecule has 17 heavy (non-hydrogen) atoms. The van der Waals surface area contributed by atoms with Crippen LogP contribution in [0.4, 0.5) is 10.1 Å². The van der Waals surface area contributed by atoms with E-state index < -0.39 is 0 Å². The normalized spacial score (nSPS) is 25.1. The molecule has 1 aliphatic heterocycles. The van der Waals surface area contributed by atoms with E-state index in [1.165, 1.54) is 0 Å². The van der Waals surface area contributed by atoms with Crippen molar-refractivity contribution < 1.29 is 4.39 Å². The van der Waals surface area contributed by atoms with Crippen LogP contribution in [-0.2, 0) is 5.33 Å². The van der Waals surface area contributed by atoms with Crippen molar-refractivity contribution in [3.8, 4) is 0 Å². The molecule has 0 spiro atoms. The SMILES string of the molecule is CC1CCN(c2ccc(CBr)cc2F)C(C)C1. The van der Waals surface area contributed by atoms with Gasteiger partial charge in [0.1, 0.15) is 5.82 Å². The zero-order valence-corrected chi connectivity index (χ0v) is 12.0.